The Morgan fingerprint density at radius 3 is 2.72 bits per heavy atom. The van der Waals surface area contributed by atoms with Gasteiger partial charge in [-0.3, -0.25) is 0 Å². The van der Waals surface area contributed by atoms with Crippen LogP contribution in [0.4, 0.5) is 0 Å². The first-order valence-corrected chi connectivity index (χ1v) is 8.60. The van der Waals surface area contributed by atoms with Gasteiger partial charge in [-0.2, -0.15) is 4.98 Å². The maximum atomic E-state index is 6.16. The fourth-order valence-corrected chi connectivity index (χ4v) is 3.29. The Balaban J connectivity index is 1.63. The summed E-state index contributed by atoms with van der Waals surface area (Å²) in [6, 6.07) is 13.9. The summed E-state index contributed by atoms with van der Waals surface area (Å²) >= 11 is 0. The fourth-order valence-electron chi connectivity index (χ4n) is 3.29. The number of benzene rings is 2. The minimum absolute atomic E-state index is 0.106. The number of nitrogens with zero attached hydrogens (tertiary/aromatic N) is 2. The number of hydrogen-bond acceptors (Lipinski definition) is 5. The number of aromatic nitrogens is 2. The third kappa shape index (κ3) is 3.03. The minimum Gasteiger partial charge on any atom is -0.491 e. The molecule has 1 aliphatic carbocycles. The van der Waals surface area contributed by atoms with Crippen LogP contribution in [0.3, 0.4) is 0 Å². The Morgan fingerprint density at radius 1 is 1.16 bits per heavy atom. The first kappa shape index (κ1) is 15.8. The molecule has 0 unspecified atom stereocenters. The van der Waals surface area contributed by atoms with E-state index in [1.807, 2.05) is 50.2 Å². The molecule has 0 saturated heterocycles. The molecule has 4 rings (SSSR count). The topological polar surface area (TPSA) is 74.2 Å². The standard InChI is InChI=1S/C20H21N3O2/c1-12(2)24-14-8-6-13(7-9-14)20-22-19(23-25-20)17-5-3-4-16-15(17)10-11-18(16)21/h3-9,12,18H,10-11,21H2,1-2H3/t18-/m0/s1. The van der Waals surface area contributed by atoms with Crippen molar-refractivity contribution in [2.45, 2.75) is 38.8 Å². The molecular weight excluding hydrogens is 314 g/mol. The highest BCUT2D eigenvalue weighted by atomic mass is 16.5. The van der Waals surface area contributed by atoms with Gasteiger partial charge in [0.1, 0.15) is 5.75 Å². The van der Waals surface area contributed by atoms with Gasteiger partial charge in [-0.25, -0.2) is 0 Å². The molecule has 0 aliphatic heterocycles. The lowest BCUT2D eigenvalue weighted by molar-refractivity contribution is 0.242. The van der Waals surface area contributed by atoms with E-state index in [-0.39, 0.29) is 12.1 Å². The van der Waals surface area contributed by atoms with E-state index in [1.54, 1.807) is 0 Å². The van der Waals surface area contributed by atoms with E-state index in [4.69, 9.17) is 15.0 Å². The number of hydrogen-bond donors (Lipinski definition) is 1. The molecule has 0 spiro atoms. The van der Waals surface area contributed by atoms with Crippen molar-refractivity contribution in [2.75, 3.05) is 0 Å². The third-order valence-electron chi connectivity index (χ3n) is 4.46. The summed E-state index contributed by atoms with van der Waals surface area (Å²) in [4.78, 5) is 4.58. The first-order chi connectivity index (χ1) is 12.1. The molecule has 3 aromatic rings. The SMILES string of the molecule is CC(C)Oc1ccc(-c2nc(-c3cccc4c3CC[C@@H]4N)no2)cc1. The van der Waals surface area contributed by atoms with E-state index >= 15 is 0 Å². The lowest BCUT2D eigenvalue weighted by atomic mass is 10.0. The van der Waals surface area contributed by atoms with Gasteiger partial charge >= 0.3 is 0 Å². The number of nitrogens with two attached hydrogens (primary N) is 1. The summed E-state index contributed by atoms with van der Waals surface area (Å²) in [7, 11) is 0. The fraction of sp³-hybridized carbons (Fsp3) is 0.300. The van der Waals surface area contributed by atoms with Gasteiger partial charge in [-0.15, -0.1) is 0 Å². The molecule has 1 aromatic heterocycles. The molecule has 128 valence electrons. The molecule has 0 fully saturated rings. The number of rotatable bonds is 4. The predicted octanol–water partition coefficient (Wildman–Crippen LogP) is 4.14. The predicted molar refractivity (Wildman–Crippen MR) is 96.2 cm³/mol. The van der Waals surface area contributed by atoms with Crippen LogP contribution in [-0.4, -0.2) is 16.2 Å². The Bertz CT molecular complexity index is 884. The van der Waals surface area contributed by atoms with Crippen LogP contribution in [0.1, 0.15) is 37.4 Å². The van der Waals surface area contributed by atoms with Crippen molar-refractivity contribution < 1.29 is 9.26 Å². The van der Waals surface area contributed by atoms with Gasteiger partial charge in [0, 0.05) is 17.2 Å². The van der Waals surface area contributed by atoms with Crippen molar-refractivity contribution in [2.24, 2.45) is 5.73 Å². The zero-order valence-electron chi connectivity index (χ0n) is 14.4. The molecule has 5 nitrogen and oxygen atoms in total. The van der Waals surface area contributed by atoms with Crippen molar-refractivity contribution in [1.29, 1.82) is 0 Å². The number of ether oxygens (including phenoxy) is 1. The van der Waals surface area contributed by atoms with E-state index in [0.717, 1.165) is 29.7 Å². The third-order valence-corrected chi connectivity index (χ3v) is 4.46. The normalized spacial score (nSPS) is 16.2. The Hall–Kier alpha value is -2.66. The molecule has 5 heteroatoms. The summed E-state index contributed by atoms with van der Waals surface area (Å²) in [5.74, 6) is 1.95. The minimum atomic E-state index is 0.106. The summed E-state index contributed by atoms with van der Waals surface area (Å²) in [5.41, 5.74) is 10.5. The second-order valence-electron chi connectivity index (χ2n) is 6.63. The smallest absolute Gasteiger partial charge is 0.258 e. The highest BCUT2D eigenvalue weighted by Crippen LogP contribution is 2.36. The van der Waals surface area contributed by atoms with Gasteiger partial charge in [-0.1, -0.05) is 23.4 Å². The summed E-state index contributed by atoms with van der Waals surface area (Å²) < 4.78 is 11.1. The Morgan fingerprint density at radius 2 is 1.96 bits per heavy atom. The van der Waals surface area contributed by atoms with Crippen LogP contribution in [-0.2, 0) is 6.42 Å². The lowest BCUT2D eigenvalue weighted by Gasteiger charge is -2.09. The van der Waals surface area contributed by atoms with Crippen LogP contribution in [0, 0.1) is 0 Å². The molecule has 1 atom stereocenters. The molecular formula is C20H21N3O2. The van der Waals surface area contributed by atoms with Gasteiger partial charge in [0.05, 0.1) is 6.10 Å². The molecule has 0 bridgehead atoms. The Labute approximate surface area is 146 Å². The van der Waals surface area contributed by atoms with Crippen molar-refractivity contribution >= 4 is 0 Å². The average molecular weight is 335 g/mol. The largest absolute Gasteiger partial charge is 0.491 e. The number of fused-ring (bicyclic) bond motifs is 1. The van der Waals surface area contributed by atoms with Crippen LogP contribution in [0.15, 0.2) is 47.0 Å². The van der Waals surface area contributed by atoms with E-state index in [2.05, 4.69) is 16.2 Å². The van der Waals surface area contributed by atoms with Gasteiger partial charge in [-0.05, 0) is 62.1 Å². The molecule has 0 saturated carbocycles. The maximum absolute atomic E-state index is 6.16. The van der Waals surface area contributed by atoms with E-state index < -0.39 is 0 Å². The van der Waals surface area contributed by atoms with E-state index in [0.29, 0.717) is 11.7 Å². The molecule has 25 heavy (non-hydrogen) atoms. The van der Waals surface area contributed by atoms with Gasteiger partial charge in [0.2, 0.25) is 5.82 Å². The van der Waals surface area contributed by atoms with E-state index in [1.165, 1.54) is 11.1 Å². The quantitative estimate of drug-likeness (QED) is 0.776. The van der Waals surface area contributed by atoms with Crippen molar-refractivity contribution in [3.05, 3.63) is 53.6 Å². The molecule has 2 N–H and O–H groups in total. The summed E-state index contributed by atoms with van der Waals surface area (Å²) in [5, 5.41) is 4.18. The first-order valence-electron chi connectivity index (χ1n) is 8.60. The second-order valence-corrected chi connectivity index (χ2v) is 6.63. The van der Waals surface area contributed by atoms with Crippen molar-refractivity contribution in [1.82, 2.24) is 10.1 Å². The van der Waals surface area contributed by atoms with Crippen molar-refractivity contribution in [3.8, 4) is 28.6 Å². The maximum Gasteiger partial charge on any atom is 0.258 e. The summed E-state index contributed by atoms with van der Waals surface area (Å²) in [6.45, 7) is 4.00. The monoisotopic (exact) mass is 335 g/mol. The Kier molecular flexibility index (Phi) is 4.01. The zero-order chi connectivity index (χ0) is 17.4. The molecule has 1 heterocycles. The molecule has 0 amide bonds. The van der Waals surface area contributed by atoms with Gasteiger partial charge in [0.25, 0.3) is 5.89 Å². The van der Waals surface area contributed by atoms with E-state index in [9.17, 15) is 0 Å². The van der Waals surface area contributed by atoms with Crippen LogP contribution in [0.5, 0.6) is 5.75 Å². The summed E-state index contributed by atoms with van der Waals surface area (Å²) in [6.07, 6.45) is 2.07. The average Bonchev–Trinajstić information content (AvgIpc) is 3.23. The highest BCUT2D eigenvalue weighted by Gasteiger charge is 2.24. The lowest BCUT2D eigenvalue weighted by Crippen LogP contribution is -2.05. The van der Waals surface area contributed by atoms with Crippen LogP contribution < -0.4 is 10.5 Å². The van der Waals surface area contributed by atoms with Gasteiger partial charge < -0.3 is 15.0 Å². The zero-order valence-corrected chi connectivity index (χ0v) is 14.4. The molecule has 2 aromatic carbocycles. The van der Waals surface area contributed by atoms with Gasteiger partial charge in [0.15, 0.2) is 0 Å². The van der Waals surface area contributed by atoms with Crippen molar-refractivity contribution in [3.63, 3.8) is 0 Å². The molecule has 0 radical (unpaired) electrons. The highest BCUT2D eigenvalue weighted by molar-refractivity contribution is 5.66. The van der Waals surface area contributed by atoms with Crippen LogP contribution >= 0.6 is 0 Å². The van der Waals surface area contributed by atoms with Crippen LogP contribution in [0.25, 0.3) is 22.8 Å². The second kappa shape index (κ2) is 6.33. The van der Waals surface area contributed by atoms with Crippen LogP contribution in [0.2, 0.25) is 0 Å². The molecule has 1 aliphatic rings.